The molecule has 0 saturated carbocycles. The third-order valence-corrected chi connectivity index (χ3v) is 2.84. The lowest BCUT2D eigenvalue weighted by Crippen LogP contribution is -2.13. The molecule has 0 bridgehead atoms. The molecule has 1 aromatic carbocycles. The first-order chi connectivity index (χ1) is 8.54. The van der Waals surface area contributed by atoms with Crippen LogP contribution in [-0.2, 0) is 4.79 Å². The van der Waals surface area contributed by atoms with Gasteiger partial charge in [0, 0.05) is 11.8 Å². The predicted octanol–water partition coefficient (Wildman–Crippen LogP) is 3.03. The summed E-state index contributed by atoms with van der Waals surface area (Å²) in [7, 11) is 0. The van der Waals surface area contributed by atoms with Crippen LogP contribution >= 0.6 is 15.9 Å². The van der Waals surface area contributed by atoms with E-state index in [1.807, 2.05) is 0 Å². The molecule has 0 aliphatic carbocycles. The Morgan fingerprint density at radius 2 is 2.06 bits per heavy atom. The minimum absolute atomic E-state index is 0.0628. The summed E-state index contributed by atoms with van der Waals surface area (Å²) >= 11 is 3.25. The van der Waals surface area contributed by atoms with Gasteiger partial charge < -0.3 is 10.4 Å². The molecule has 6 heteroatoms. The maximum atomic E-state index is 13.4. The zero-order chi connectivity index (χ0) is 13.5. The molecule has 0 atom stereocenters. The van der Waals surface area contributed by atoms with Crippen LogP contribution in [0.3, 0.4) is 0 Å². The van der Waals surface area contributed by atoms with Gasteiger partial charge in [0.2, 0.25) is 5.91 Å². The van der Waals surface area contributed by atoms with Crippen molar-refractivity contribution >= 4 is 33.5 Å². The summed E-state index contributed by atoms with van der Waals surface area (Å²) in [5, 5.41) is 11.9. The lowest BCUT2D eigenvalue weighted by atomic mass is 10.2. The maximum absolute atomic E-state index is 13.4. The highest BCUT2D eigenvalue weighted by atomic mass is 79.9. The fourth-order valence-electron chi connectivity index (χ4n) is 1.35. The van der Waals surface area contributed by atoms with Crippen LogP contribution in [0.5, 0.6) is 0 Å². The van der Waals surface area contributed by atoms with Crippen molar-refractivity contribution in [3.05, 3.63) is 29.6 Å². The molecule has 0 radical (unpaired) electrons. The second-order valence-corrected chi connectivity index (χ2v) is 4.49. The third kappa shape index (κ3) is 4.44. The van der Waals surface area contributed by atoms with E-state index >= 15 is 0 Å². The van der Waals surface area contributed by atoms with Gasteiger partial charge in [-0.1, -0.05) is 15.9 Å². The van der Waals surface area contributed by atoms with Crippen molar-refractivity contribution in [2.75, 3.05) is 10.6 Å². The fraction of sp³-hybridized carbons (Fsp3) is 0.333. The van der Waals surface area contributed by atoms with Crippen LogP contribution in [-0.4, -0.2) is 22.3 Å². The number of alkyl halides is 1. The van der Waals surface area contributed by atoms with Crippen LogP contribution in [0.2, 0.25) is 0 Å². The van der Waals surface area contributed by atoms with E-state index in [2.05, 4.69) is 21.2 Å². The second kappa shape index (κ2) is 7.10. The lowest BCUT2D eigenvalue weighted by molar-refractivity contribution is -0.116. The van der Waals surface area contributed by atoms with Crippen molar-refractivity contribution in [1.29, 1.82) is 0 Å². The SMILES string of the molecule is O=C(CCCCBr)Nc1cc(C(=O)O)ccc1F. The van der Waals surface area contributed by atoms with Crippen LogP contribution in [0, 0.1) is 5.82 Å². The van der Waals surface area contributed by atoms with E-state index in [1.165, 1.54) is 0 Å². The minimum Gasteiger partial charge on any atom is -0.478 e. The molecule has 0 heterocycles. The number of amides is 1. The molecule has 98 valence electrons. The molecule has 1 amide bonds. The molecule has 2 N–H and O–H groups in total. The number of halogens is 2. The number of nitrogens with one attached hydrogen (secondary N) is 1. The summed E-state index contributed by atoms with van der Waals surface area (Å²) in [4.78, 5) is 22.2. The van der Waals surface area contributed by atoms with Crippen LogP contribution < -0.4 is 5.32 Å². The van der Waals surface area contributed by atoms with E-state index in [0.29, 0.717) is 6.42 Å². The Morgan fingerprint density at radius 1 is 1.33 bits per heavy atom. The molecule has 0 fully saturated rings. The lowest BCUT2D eigenvalue weighted by Gasteiger charge is -2.07. The first-order valence-corrected chi connectivity index (χ1v) is 6.55. The molecule has 1 rings (SSSR count). The highest BCUT2D eigenvalue weighted by Gasteiger charge is 2.10. The van der Waals surface area contributed by atoms with Gasteiger partial charge in [-0.05, 0) is 31.0 Å². The van der Waals surface area contributed by atoms with Crippen molar-refractivity contribution < 1.29 is 19.1 Å². The topological polar surface area (TPSA) is 66.4 Å². The summed E-state index contributed by atoms with van der Waals surface area (Å²) in [5.74, 6) is -2.13. The van der Waals surface area contributed by atoms with E-state index < -0.39 is 11.8 Å². The quantitative estimate of drug-likeness (QED) is 0.626. The Morgan fingerprint density at radius 3 is 2.67 bits per heavy atom. The molecule has 4 nitrogen and oxygen atoms in total. The third-order valence-electron chi connectivity index (χ3n) is 2.27. The van der Waals surface area contributed by atoms with Gasteiger partial charge in [0.25, 0.3) is 0 Å². The van der Waals surface area contributed by atoms with Crippen LogP contribution in [0.25, 0.3) is 0 Å². The van der Waals surface area contributed by atoms with Gasteiger partial charge >= 0.3 is 5.97 Å². The second-order valence-electron chi connectivity index (χ2n) is 3.69. The molecule has 1 aromatic rings. The Labute approximate surface area is 112 Å². The van der Waals surface area contributed by atoms with Crippen molar-refractivity contribution in [3.63, 3.8) is 0 Å². The summed E-state index contributed by atoms with van der Waals surface area (Å²) in [6, 6.07) is 3.29. The van der Waals surface area contributed by atoms with Gasteiger partial charge in [0.15, 0.2) is 0 Å². The number of anilines is 1. The van der Waals surface area contributed by atoms with E-state index in [-0.39, 0.29) is 23.6 Å². The largest absolute Gasteiger partial charge is 0.478 e. The number of aromatic carboxylic acids is 1. The van der Waals surface area contributed by atoms with Crippen LogP contribution in [0.1, 0.15) is 29.6 Å². The van der Waals surface area contributed by atoms with Crippen molar-refractivity contribution in [3.8, 4) is 0 Å². The Bertz CT molecular complexity index is 451. The standard InChI is InChI=1S/C12H13BrFNO3/c13-6-2-1-3-11(16)15-10-7-8(12(17)18)4-5-9(10)14/h4-5,7H,1-3,6H2,(H,15,16)(H,17,18). The van der Waals surface area contributed by atoms with Crippen molar-refractivity contribution in [1.82, 2.24) is 0 Å². The first-order valence-electron chi connectivity index (χ1n) is 5.43. The number of rotatable bonds is 6. The number of carbonyl (C=O) groups is 2. The zero-order valence-electron chi connectivity index (χ0n) is 9.58. The van der Waals surface area contributed by atoms with Gasteiger partial charge in [-0.3, -0.25) is 4.79 Å². The monoisotopic (exact) mass is 317 g/mol. The van der Waals surface area contributed by atoms with Crippen molar-refractivity contribution in [2.24, 2.45) is 0 Å². The number of carbonyl (C=O) groups excluding carboxylic acids is 1. The summed E-state index contributed by atoms with van der Waals surface area (Å²) < 4.78 is 13.4. The number of benzene rings is 1. The molecule has 0 aliphatic rings. The minimum atomic E-state index is -1.16. The Kier molecular flexibility index (Phi) is 5.77. The van der Waals surface area contributed by atoms with Gasteiger partial charge in [-0.25, -0.2) is 9.18 Å². The van der Waals surface area contributed by atoms with Gasteiger partial charge in [-0.15, -0.1) is 0 Å². The number of carboxylic acid groups (broad SMARTS) is 1. The number of hydrogen-bond donors (Lipinski definition) is 2. The number of carboxylic acids is 1. The van der Waals surface area contributed by atoms with E-state index in [0.717, 1.165) is 30.0 Å². The molecule has 0 aliphatic heterocycles. The van der Waals surface area contributed by atoms with E-state index in [1.54, 1.807) is 0 Å². The highest BCUT2D eigenvalue weighted by molar-refractivity contribution is 9.09. The van der Waals surface area contributed by atoms with Gasteiger partial charge in [0.05, 0.1) is 11.3 Å². The van der Waals surface area contributed by atoms with Crippen LogP contribution in [0.15, 0.2) is 18.2 Å². The predicted molar refractivity (Wildman–Crippen MR) is 69.6 cm³/mol. The van der Waals surface area contributed by atoms with Gasteiger partial charge in [-0.2, -0.15) is 0 Å². The van der Waals surface area contributed by atoms with E-state index in [9.17, 15) is 14.0 Å². The number of unbranched alkanes of at least 4 members (excludes halogenated alkanes) is 1. The Balaban J connectivity index is 2.68. The fourth-order valence-corrected chi connectivity index (χ4v) is 1.74. The van der Waals surface area contributed by atoms with Crippen molar-refractivity contribution in [2.45, 2.75) is 19.3 Å². The van der Waals surface area contributed by atoms with E-state index in [4.69, 9.17) is 5.11 Å². The molecule has 18 heavy (non-hydrogen) atoms. The molecule has 0 aromatic heterocycles. The number of hydrogen-bond acceptors (Lipinski definition) is 2. The maximum Gasteiger partial charge on any atom is 0.335 e. The summed E-state index contributed by atoms with van der Waals surface area (Å²) in [5.41, 5.74) is -0.161. The first kappa shape index (κ1) is 14.6. The van der Waals surface area contributed by atoms with Crippen LogP contribution in [0.4, 0.5) is 10.1 Å². The Hall–Kier alpha value is -1.43. The molecule has 0 unspecified atom stereocenters. The average molecular weight is 318 g/mol. The molecule has 0 spiro atoms. The average Bonchev–Trinajstić information content (AvgIpc) is 2.32. The smallest absolute Gasteiger partial charge is 0.335 e. The zero-order valence-corrected chi connectivity index (χ0v) is 11.2. The molecular weight excluding hydrogens is 305 g/mol. The molecule has 0 saturated heterocycles. The normalized spacial score (nSPS) is 10.1. The summed E-state index contributed by atoms with van der Waals surface area (Å²) in [6.07, 6.45) is 1.82. The molecular formula is C12H13BrFNO3. The highest BCUT2D eigenvalue weighted by Crippen LogP contribution is 2.17. The summed E-state index contributed by atoms with van der Waals surface area (Å²) in [6.45, 7) is 0. The van der Waals surface area contributed by atoms with Gasteiger partial charge in [0.1, 0.15) is 5.82 Å².